The summed E-state index contributed by atoms with van der Waals surface area (Å²) in [5, 5.41) is 4.75. The minimum atomic E-state index is 0.0890. The number of nitrogens with zero attached hydrogens (tertiary/aromatic N) is 3. The normalized spacial score (nSPS) is 17.3. The van der Waals surface area contributed by atoms with Crippen molar-refractivity contribution in [3.8, 4) is 11.4 Å². The lowest BCUT2D eigenvalue weighted by Gasteiger charge is -2.30. The van der Waals surface area contributed by atoms with Gasteiger partial charge in [0, 0.05) is 29.5 Å². The molecule has 4 rings (SSSR count). The molecule has 0 unspecified atom stereocenters. The monoisotopic (exact) mass is 409 g/mol. The van der Waals surface area contributed by atoms with Gasteiger partial charge in [-0.25, -0.2) is 0 Å². The van der Waals surface area contributed by atoms with Crippen molar-refractivity contribution < 1.29 is 9.32 Å². The first-order valence-electron chi connectivity index (χ1n) is 10.0. The molecule has 0 aliphatic carbocycles. The highest BCUT2D eigenvalue weighted by molar-refractivity contribution is 6.30. The summed E-state index contributed by atoms with van der Waals surface area (Å²) in [5.41, 5.74) is 2.09. The van der Waals surface area contributed by atoms with Crippen LogP contribution < -0.4 is 0 Å². The number of benzene rings is 2. The molecule has 0 radical (unpaired) electrons. The van der Waals surface area contributed by atoms with Gasteiger partial charge in [-0.05, 0) is 55.6 Å². The first-order chi connectivity index (χ1) is 14.2. The van der Waals surface area contributed by atoms with Gasteiger partial charge in [0.05, 0.1) is 6.54 Å². The number of likely N-dealkylation sites (tertiary alicyclic amines) is 1. The van der Waals surface area contributed by atoms with Crippen LogP contribution in [0.2, 0.25) is 5.02 Å². The standard InChI is InChI=1S/C23H24ClN3O2/c24-20-11-9-18(10-12-20)23-25-22(29-26-23)16-27-14-4-7-19(15-27)21(28)13-8-17-5-2-1-3-6-17/h1-3,5-6,9-12,19H,4,7-8,13-16H2/t19-/m1/s1. The van der Waals surface area contributed by atoms with Crippen LogP contribution in [-0.4, -0.2) is 33.9 Å². The zero-order chi connectivity index (χ0) is 20.1. The number of aryl methyl sites for hydroxylation is 1. The van der Waals surface area contributed by atoms with Crippen molar-refractivity contribution >= 4 is 17.4 Å². The minimum Gasteiger partial charge on any atom is -0.338 e. The van der Waals surface area contributed by atoms with Crippen LogP contribution in [0.3, 0.4) is 0 Å². The summed E-state index contributed by atoms with van der Waals surface area (Å²) in [7, 11) is 0. The molecule has 5 nitrogen and oxygen atoms in total. The van der Waals surface area contributed by atoms with E-state index in [-0.39, 0.29) is 5.92 Å². The van der Waals surface area contributed by atoms with Crippen molar-refractivity contribution in [3.05, 3.63) is 71.1 Å². The Kier molecular flexibility index (Phi) is 6.37. The molecule has 1 aliphatic heterocycles. The third-order valence-electron chi connectivity index (χ3n) is 5.39. The van der Waals surface area contributed by atoms with Gasteiger partial charge in [0.1, 0.15) is 5.78 Å². The minimum absolute atomic E-state index is 0.0890. The number of hydrogen-bond acceptors (Lipinski definition) is 5. The average Bonchev–Trinajstić information content (AvgIpc) is 3.22. The summed E-state index contributed by atoms with van der Waals surface area (Å²) in [4.78, 5) is 19.4. The van der Waals surface area contributed by atoms with E-state index in [0.29, 0.717) is 35.5 Å². The largest absolute Gasteiger partial charge is 0.338 e. The second-order valence-electron chi connectivity index (χ2n) is 7.54. The molecule has 0 amide bonds. The van der Waals surface area contributed by atoms with E-state index in [9.17, 15) is 4.79 Å². The maximum absolute atomic E-state index is 12.7. The van der Waals surface area contributed by atoms with Crippen molar-refractivity contribution in [1.29, 1.82) is 0 Å². The Morgan fingerprint density at radius 3 is 2.72 bits per heavy atom. The lowest BCUT2D eigenvalue weighted by Crippen LogP contribution is -2.38. The molecule has 3 aromatic rings. The third-order valence-corrected chi connectivity index (χ3v) is 5.65. The number of rotatable bonds is 7. The molecule has 1 atom stereocenters. The highest BCUT2D eigenvalue weighted by Crippen LogP contribution is 2.23. The van der Waals surface area contributed by atoms with E-state index in [4.69, 9.17) is 16.1 Å². The molecular formula is C23H24ClN3O2. The van der Waals surface area contributed by atoms with Gasteiger partial charge in [-0.3, -0.25) is 9.69 Å². The maximum atomic E-state index is 12.7. The van der Waals surface area contributed by atoms with Gasteiger partial charge in [-0.2, -0.15) is 4.98 Å². The van der Waals surface area contributed by atoms with Crippen LogP contribution in [0.1, 0.15) is 30.7 Å². The fourth-order valence-corrected chi connectivity index (χ4v) is 3.93. The molecule has 29 heavy (non-hydrogen) atoms. The number of piperidine rings is 1. The van der Waals surface area contributed by atoms with Crippen LogP contribution in [0.4, 0.5) is 0 Å². The summed E-state index contributed by atoms with van der Waals surface area (Å²) >= 11 is 5.93. The lowest BCUT2D eigenvalue weighted by molar-refractivity contribution is -0.124. The topological polar surface area (TPSA) is 59.2 Å². The molecule has 1 fully saturated rings. The Morgan fingerprint density at radius 1 is 1.14 bits per heavy atom. The second-order valence-corrected chi connectivity index (χ2v) is 7.98. The molecule has 0 spiro atoms. The van der Waals surface area contributed by atoms with Gasteiger partial charge in [0.15, 0.2) is 0 Å². The lowest BCUT2D eigenvalue weighted by atomic mass is 9.90. The predicted molar refractivity (Wildman–Crippen MR) is 113 cm³/mol. The van der Waals surface area contributed by atoms with Crippen molar-refractivity contribution in [2.75, 3.05) is 13.1 Å². The van der Waals surface area contributed by atoms with Crippen LogP contribution in [0, 0.1) is 5.92 Å². The highest BCUT2D eigenvalue weighted by atomic mass is 35.5. The molecule has 150 valence electrons. The van der Waals surface area contributed by atoms with E-state index < -0.39 is 0 Å². The number of halogens is 1. The number of ketones is 1. The number of aromatic nitrogens is 2. The first kappa shape index (κ1) is 19.8. The Balaban J connectivity index is 1.32. The van der Waals surface area contributed by atoms with E-state index in [0.717, 1.165) is 37.9 Å². The van der Waals surface area contributed by atoms with E-state index >= 15 is 0 Å². The predicted octanol–water partition coefficient (Wildman–Crippen LogP) is 4.80. The summed E-state index contributed by atoms with van der Waals surface area (Å²) < 4.78 is 5.43. The summed E-state index contributed by atoms with van der Waals surface area (Å²) in [6, 6.07) is 17.6. The zero-order valence-electron chi connectivity index (χ0n) is 16.3. The van der Waals surface area contributed by atoms with Gasteiger partial charge >= 0.3 is 0 Å². The van der Waals surface area contributed by atoms with Crippen LogP contribution in [0.15, 0.2) is 59.1 Å². The van der Waals surface area contributed by atoms with E-state index in [1.165, 1.54) is 5.56 Å². The molecule has 1 saturated heterocycles. The molecule has 1 aromatic heterocycles. The van der Waals surface area contributed by atoms with Gasteiger partial charge in [-0.1, -0.05) is 47.1 Å². The van der Waals surface area contributed by atoms with Crippen LogP contribution in [-0.2, 0) is 17.8 Å². The average molecular weight is 410 g/mol. The molecule has 2 aromatic carbocycles. The van der Waals surface area contributed by atoms with E-state index in [1.807, 2.05) is 42.5 Å². The maximum Gasteiger partial charge on any atom is 0.241 e. The van der Waals surface area contributed by atoms with Crippen molar-refractivity contribution in [2.45, 2.75) is 32.2 Å². The SMILES string of the molecule is O=C(CCc1ccccc1)[C@@H]1CCCN(Cc2nc(-c3ccc(Cl)cc3)no2)C1. The fourth-order valence-electron chi connectivity index (χ4n) is 3.80. The summed E-state index contributed by atoms with van der Waals surface area (Å²) in [5.74, 6) is 1.58. The number of carbonyl (C=O) groups excluding carboxylic acids is 1. The molecule has 1 aliphatic rings. The van der Waals surface area contributed by atoms with Crippen molar-refractivity contribution in [1.82, 2.24) is 15.0 Å². The quantitative estimate of drug-likeness (QED) is 0.560. The number of carbonyl (C=O) groups is 1. The zero-order valence-corrected chi connectivity index (χ0v) is 17.0. The molecule has 6 heteroatoms. The third kappa shape index (κ3) is 5.31. The Labute approximate surface area is 175 Å². The molecule has 2 heterocycles. The molecule has 0 bridgehead atoms. The van der Waals surface area contributed by atoms with Crippen LogP contribution in [0.5, 0.6) is 0 Å². The summed E-state index contributed by atoms with van der Waals surface area (Å²) in [6.07, 6.45) is 3.39. The summed E-state index contributed by atoms with van der Waals surface area (Å²) in [6.45, 7) is 2.27. The molecular weight excluding hydrogens is 386 g/mol. The first-order valence-corrected chi connectivity index (χ1v) is 10.4. The van der Waals surface area contributed by atoms with Gasteiger partial charge in [0.2, 0.25) is 11.7 Å². The number of Topliss-reactive ketones (excluding diaryl/α,β-unsaturated/α-hetero) is 1. The Bertz CT molecular complexity index is 940. The highest BCUT2D eigenvalue weighted by Gasteiger charge is 2.26. The second kappa shape index (κ2) is 9.33. The van der Waals surface area contributed by atoms with Crippen molar-refractivity contribution in [3.63, 3.8) is 0 Å². The molecule has 0 N–H and O–H groups in total. The molecule has 0 saturated carbocycles. The van der Waals surface area contributed by atoms with Crippen LogP contribution in [0.25, 0.3) is 11.4 Å². The van der Waals surface area contributed by atoms with Crippen LogP contribution >= 0.6 is 11.6 Å². The van der Waals surface area contributed by atoms with E-state index in [2.05, 4.69) is 27.2 Å². The Morgan fingerprint density at radius 2 is 1.93 bits per heavy atom. The van der Waals surface area contributed by atoms with Gasteiger partial charge in [0.25, 0.3) is 0 Å². The fraction of sp³-hybridized carbons (Fsp3) is 0.348. The van der Waals surface area contributed by atoms with E-state index in [1.54, 1.807) is 0 Å². The smallest absolute Gasteiger partial charge is 0.241 e. The number of hydrogen-bond donors (Lipinski definition) is 0. The van der Waals surface area contributed by atoms with Crippen molar-refractivity contribution in [2.24, 2.45) is 5.92 Å². The van der Waals surface area contributed by atoms with Gasteiger partial charge < -0.3 is 4.52 Å². The Hall–Kier alpha value is -2.50. The van der Waals surface area contributed by atoms with Gasteiger partial charge in [-0.15, -0.1) is 0 Å².